The highest BCUT2D eigenvalue weighted by Gasteiger charge is 2.22. The van der Waals surface area contributed by atoms with Crippen LogP contribution in [0.3, 0.4) is 0 Å². The number of fused-ring (bicyclic) bond motifs is 1. The van der Waals surface area contributed by atoms with E-state index in [1.54, 1.807) is 25.1 Å². The monoisotopic (exact) mass is 388 g/mol. The van der Waals surface area contributed by atoms with E-state index in [0.717, 1.165) is 10.4 Å². The number of nitrogens with one attached hydrogen (secondary N) is 1. The Kier molecular flexibility index (Phi) is 5.18. The summed E-state index contributed by atoms with van der Waals surface area (Å²) in [5.74, 6) is 0.416. The summed E-state index contributed by atoms with van der Waals surface area (Å²) >= 11 is 1.44. The van der Waals surface area contributed by atoms with Crippen molar-refractivity contribution in [3.63, 3.8) is 0 Å². The first-order valence-electron chi connectivity index (χ1n) is 8.29. The van der Waals surface area contributed by atoms with Gasteiger partial charge in [0.15, 0.2) is 23.4 Å². The molecule has 2 heterocycles. The largest absolute Gasteiger partial charge is 0.493 e. The lowest BCUT2D eigenvalue weighted by atomic mass is 10.2. The van der Waals surface area contributed by atoms with Crippen molar-refractivity contribution in [1.82, 2.24) is 9.97 Å². The summed E-state index contributed by atoms with van der Waals surface area (Å²) in [4.78, 5) is 33.9. The molecule has 0 fully saturated rings. The molecule has 0 amide bonds. The van der Waals surface area contributed by atoms with Gasteiger partial charge in [0.25, 0.3) is 5.56 Å². The molecule has 0 aliphatic carbocycles. The molecule has 1 N–H and O–H groups in total. The van der Waals surface area contributed by atoms with Gasteiger partial charge in [-0.2, -0.15) is 0 Å². The van der Waals surface area contributed by atoms with Crippen LogP contribution >= 0.6 is 11.3 Å². The van der Waals surface area contributed by atoms with Gasteiger partial charge in [0.05, 0.1) is 19.6 Å². The van der Waals surface area contributed by atoms with Gasteiger partial charge in [0.2, 0.25) is 0 Å². The van der Waals surface area contributed by atoms with E-state index in [1.807, 2.05) is 13.8 Å². The van der Waals surface area contributed by atoms with Crippen molar-refractivity contribution in [2.24, 2.45) is 0 Å². The third-order valence-electron chi connectivity index (χ3n) is 4.35. The number of aryl methyl sites for hydroxylation is 2. The second kappa shape index (κ2) is 7.40. The summed E-state index contributed by atoms with van der Waals surface area (Å²) in [6, 6.07) is 4.95. The molecule has 142 valence electrons. The van der Waals surface area contributed by atoms with E-state index in [-0.39, 0.29) is 11.1 Å². The van der Waals surface area contributed by atoms with Crippen LogP contribution in [0.1, 0.15) is 39.7 Å². The normalized spacial score (nSPS) is 12.0. The van der Waals surface area contributed by atoms with Gasteiger partial charge in [-0.3, -0.25) is 4.79 Å². The lowest BCUT2D eigenvalue weighted by Crippen LogP contribution is -2.17. The molecule has 0 bridgehead atoms. The number of aromatic nitrogens is 2. The molecule has 3 rings (SSSR count). The van der Waals surface area contributed by atoms with Crippen LogP contribution in [0, 0.1) is 13.8 Å². The van der Waals surface area contributed by atoms with Gasteiger partial charge in [-0.15, -0.1) is 11.3 Å². The molecule has 0 aliphatic rings. The van der Waals surface area contributed by atoms with E-state index in [1.165, 1.54) is 25.6 Å². The van der Waals surface area contributed by atoms with E-state index >= 15 is 0 Å². The fourth-order valence-corrected chi connectivity index (χ4v) is 3.83. The number of H-pyrrole nitrogens is 1. The molecule has 0 aliphatic heterocycles. The SMILES string of the molecule is COc1cccc(C(=O)OC(C)c2nc3sc(C)c(C)c3c(=O)[nH]2)c1OC. The Hall–Kier alpha value is -2.87. The molecular formula is C19H20N2O5S. The zero-order valence-electron chi connectivity index (χ0n) is 15.7. The van der Waals surface area contributed by atoms with Crippen LogP contribution in [-0.2, 0) is 4.74 Å². The van der Waals surface area contributed by atoms with Gasteiger partial charge < -0.3 is 19.2 Å². The fraction of sp³-hybridized carbons (Fsp3) is 0.316. The zero-order valence-corrected chi connectivity index (χ0v) is 16.5. The summed E-state index contributed by atoms with van der Waals surface area (Å²) < 4.78 is 16.0. The number of carbonyl (C=O) groups excluding carboxylic acids is 1. The standard InChI is InChI=1S/C19H20N2O5S/c1-9-11(3)27-18-14(9)17(22)20-16(21-18)10(2)26-19(23)12-7-6-8-13(24-4)15(12)25-5/h6-8,10H,1-5H3,(H,20,21,22). The quantitative estimate of drug-likeness (QED) is 0.673. The number of carbonyl (C=O) groups is 1. The van der Waals surface area contributed by atoms with Crippen molar-refractivity contribution < 1.29 is 19.0 Å². The minimum atomic E-state index is -0.742. The number of nitrogens with zero attached hydrogens (tertiary/aromatic N) is 1. The molecule has 8 heteroatoms. The van der Waals surface area contributed by atoms with E-state index < -0.39 is 12.1 Å². The predicted molar refractivity (Wildman–Crippen MR) is 103 cm³/mol. The Morgan fingerprint density at radius 3 is 2.63 bits per heavy atom. The van der Waals surface area contributed by atoms with Gasteiger partial charge in [0, 0.05) is 4.88 Å². The molecule has 1 aromatic carbocycles. The number of hydrogen-bond acceptors (Lipinski definition) is 7. The average Bonchev–Trinajstić information content (AvgIpc) is 2.94. The lowest BCUT2D eigenvalue weighted by molar-refractivity contribution is 0.0316. The van der Waals surface area contributed by atoms with Gasteiger partial charge in [0.1, 0.15) is 10.4 Å². The number of esters is 1. The van der Waals surface area contributed by atoms with Gasteiger partial charge in [-0.1, -0.05) is 6.07 Å². The maximum absolute atomic E-state index is 12.6. The van der Waals surface area contributed by atoms with Crippen LogP contribution in [0.25, 0.3) is 10.2 Å². The summed E-state index contributed by atoms with van der Waals surface area (Å²) in [6.07, 6.45) is -0.742. The zero-order chi connectivity index (χ0) is 19.7. The molecular weight excluding hydrogens is 368 g/mol. The number of ether oxygens (including phenoxy) is 3. The predicted octanol–water partition coefficient (Wildman–Crippen LogP) is 3.54. The first-order chi connectivity index (χ1) is 12.9. The Balaban J connectivity index is 1.92. The second-order valence-electron chi connectivity index (χ2n) is 6.00. The Labute approximate surface area is 159 Å². The van der Waals surface area contributed by atoms with Crippen molar-refractivity contribution in [2.75, 3.05) is 14.2 Å². The summed E-state index contributed by atoms with van der Waals surface area (Å²) in [7, 11) is 2.94. The molecule has 7 nitrogen and oxygen atoms in total. The molecule has 0 saturated carbocycles. The minimum Gasteiger partial charge on any atom is -0.493 e. The molecule has 0 radical (unpaired) electrons. The molecule has 1 unspecified atom stereocenters. The first-order valence-corrected chi connectivity index (χ1v) is 9.10. The number of thiophene rings is 1. The number of rotatable bonds is 5. The van der Waals surface area contributed by atoms with Crippen molar-refractivity contribution in [1.29, 1.82) is 0 Å². The maximum atomic E-state index is 12.6. The third kappa shape index (κ3) is 3.40. The average molecular weight is 388 g/mol. The summed E-state index contributed by atoms with van der Waals surface area (Å²) in [6.45, 7) is 5.49. The Morgan fingerprint density at radius 1 is 1.22 bits per heavy atom. The number of methoxy groups -OCH3 is 2. The van der Waals surface area contributed by atoms with Crippen LogP contribution in [0.5, 0.6) is 11.5 Å². The second-order valence-corrected chi connectivity index (χ2v) is 7.21. The fourth-order valence-electron chi connectivity index (χ4n) is 2.79. The number of hydrogen-bond donors (Lipinski definition) is 1. The molecule has 1 atom stereocenters. The van der Waals surface area contributed by atoms with Crippen LogP contribution in [0.15, 0.2) is 23.0 Å². The van der Waals surface area contributed by atoms with E-state index in [9.17, 15) is 9.59 Å². The highest BCUT2D eigenvalue weighted by atomic mass is 32.1. The summed E-state index contributed by atoms with van der Waals surface area (Å²) in [5, 5.41) is 0.578. The van der Waals surface area contributed by atoms with Crippen molar-refractivity contribution >= 4 is 27.5 Å². The molecule has 0 spiro atoms. The molecule has 3 aromatic rings. The van der Waals surface area contributed by atoms with Crippen LogP contribution in [-0.4, -0.2) is 30.2 Å². The number of benzene rings is 1. The topological polar surface area (TPSA) is 90.5 Å². The lowest BCUT2D eigenvalue weighted by Gasteiger charge is -2.15. The molecule has 0 saturated heterocycles. The highest BCUT2D eigenvalue weighted by Crippen LogP contribution is 2.32. The van der Waals surface area contributed by atoms with Crippen molar-refractivity contribution in [3.05, 3.63) is 50.4 Å². The Bertz CT molecular complexity index is 1070. The van der Waals surface area contributed by atoms with Gasteiger partial charge in [-0.25, -0.2) is 9.78 Å². The minimum absolute atomic E-state index is 0.231. The number of para-hydroxylation sites is 1. The van der Waals surface area contributed by atoms with E-state index in [0.29, 0.717) is 27.5 Å². The highest BCUT2D eigenvalue weighted by molar-refractivity contribution is 7.18. The molecule has 27 heavy (non-hydrogen) atoms. The van der Waals surface area contributed by atoms with Crippen LogP contribution < -0.4 is 15.0 Å². The van der Waals surface area contributed by atoms with E-state index in [4.69, 9.17) is 14.2 Å². The smallest absolute Gasteiger partial charge is 0.342 e. The summed E-state index contributed by atoms with van der Waals surface area (Å²) in [5.41, 5.74) is 0.912. The van der Waals surface area contributed by atoms with Crippen molar-refractivity contribution in [3.8, 4) is 11.5 Å². The third-order valence-corrected chi connectivity index (χ3v) is 5.45. The van der Waals surface area contributed by atoms with E-state index in [2.05, 4.69) is 9.97 Å². The first kappa shape index (κ1) is 18.9. The Morgan fingerprint density at radius 2 is 1.96 bits per heavy atom. The number of aromatic amines is 1. The molecule has 2 aromatic heterocycles. The maximum Gasteiger partial charge on any atom is 0.342 e. The van der Waals surface area contributed by atoms with Crippen LogP contribution in [0.2, 0.25) is 0 Å². The van der Waals surface area contributed by atoms with Crippen LogP contribution in [0.4, 0.5) is 0 Å². The van der Waals surface area contributed by atoms with Gasteiger partial charge >= 0.3 is 5.97 Å². The van der Waals surface area contributed by atoms with Crippen molar-refractivity contribution in [2.45, 2.75) is 26.9 Å². The van der Waals surface area contributed by atoms with Gasteiger partial charge in [-0.05, 0) is 38.5 Å².